The van der Waals surface area contributed by atoms with Crippen molar-refractivity contribution in [2.75, 3.05) is 0 Å². The molecule has 0 aliphatic rings. The maximum atomic E-state index is 10.9. The van der Waals surface area contributed by atoms with E-state index >= 15 is 0 Å². The molecular formula is C9H13KO3S. The zero-order valence-electron chi connectivity index (χ0n) is 7.83. The van der Waals surface area contributed by atoms with E-state index in [2.05, 4.69) is 0 Å². The first-order valence-electron chi connectivity index (χ1n) is 3.87. The number of rotatable bonds is 1. The number of aryl methyl sites for hydroxylation is 3. The second kappa shape index (κ2) is 5.20. The molecule has 0 amide bonds. The van der Waals surface area contributed by atoms with Crippen molar-refractivity contribution >= 4 is 61.5 Å². The summed E-state index contributed by atoms with van der Waals surface area (Å²) >= 11 is 0. The minimum absolute atomic E-state index is 0. The van der Waals surface area contributed by atoms with Gasteiger partial charge in [-0.25, -0.2) is 0 Å². The maximum absolute atomic E-state index is 10.9. The van der Waals surface area contributed by atoms with E-state index in [1.165, 1.54) is 0 Å². The Bertz CT molecular complexity index is 414. The summed E-state index contributed by atoms with van der Waals surface area (Å²) in [7, 11) is -4.08. The first kappa shape index (κ1) is 14.8. The topological polar surface area (TPSA) is 54.4 Å². The first-order valence-corrected chi connectivity index (χ1v) is 5.31. The quantitative estimate of drug-likeness (QED) is 0.593. The third kappa shape index (κ3) is 3.41. The van der Waals surface area contributed by atoms with Gasteiger partial charge in [0.2, 0.25) is 0 Å². The van der Waals surface area contributed by atoms with Crippen molar-refractivity contribution in [2.45, 2.75) is 25.7 Å². The molecule has 0 saturated heterocycles. The van der Waals surface area contributed by atoms with Gasteiger partial charge in [-0.05, 0) is 31.9 Å². The molecule has 0 spiro atoms. The Kier molecular flexibility index (Phi) is 5.49. The van der Waals surface area contributed by atoms with Crippen molar-refractivity contribution in [2.24, 2.45) is 0 Å². The van der Waals surface area contributed by atoms with Gasteiger partial charge < -0.3 is 0 Å². The fraction of sp³-hybridized carbons (Fsp3) is 0.333. The van der Waals surface area contributed by atoms with Gasteiger partial charge in [-0.3, -0.25) is 4.55 Å². The van der Waals surface area contributed by atoms with E-state index in [0.717, 1.165) is 5.56 Å². The SMILES string of the molecule is Cc1cc(C)c(S(=O)(=O)O)c(C)c1.[KH]. The van der Waals surface area contributed by atoms with Crippen molar-refractivity contribution < 1.29 is 13.0 Å². The molecule has 1 rings (SSSR count). The van der Waals surface area contributed by atoms with Crippen LogP contribution in [-0.4, -0.2) is 64.4 Å². The van der Waals surface area contributed by atoms with E-state index < -0.39 is 10.1 Å². The van der Waals surface area contributed by atoms with E-state index in [0.29, 0.717) is 11.1 Å². The Labute approximate surface area is 127 Å². The molecule has 0 bridgehead atoms. The average Bonchev–Trinajstić information content (AvgIpc) is 1.78. The predicted octanol–water partition coefficient (Wildman–Crippen LogP) is 1.21. The van der Waals surface area contributed by atoms with Crippen molar-refractivity contribution in [1.82, 2.24) is 0 Å². The number of hydrogen-bond donors (Lipinski definition) is 1. The summed E-state index contributed by atoms with van der Waals surface area (Å²) in [5, 5.41) is 0. The molecule has 5 heteroatoms. The van der Waals surface area contributed by atoms with Crippen LogP contribution in [0.4, 0.5) is 0 Å². The molecule has 1 aromatic rings. The van der Waals surface area contributed by atoms with Crippen LogP contribution in [0.3, 0.4) is 0 Å². The van der Waals surface area contributed by atoms with Crippen molar-refractivity contribution in [3.8, 4) is 0 Å². The van der Waals surface area contributed by atoms with Crippen molar-refractivity contribution in [1.29, 1.82) is 0 Å². The van der Waals surface area contributed by atoms with Gasteiger partial charge >= 0.3 is 51.4 Å². The van der Waals surface area contributed by atoms with Gasteiger partial charge in [0.25, 0.3) is 10.1 Å². The Morgan fingerprint density at radius 2 is 1.43 bits per heavy atom. The van der Waals surface area contributed by atoms with E-state index in [9.17, 15) is 8.42 Å². The first-order chi connectivity index (χ1) is 5.82. The van der Waals surface area contributed by atoms with Crippen LogP contribution in [0.1, 0.15) is 16.7 Å². The van der Waals surface area contributed by atoms with Crippen LogP contribution in [0, 0.1) is 20.8 Å². The molecule has 0 aliphatic carbocycles. The molecule has 0 aromatic heterocycles. The van der Waals surface area contributed by atoms with E-state index in [1.807, 2.05) is 6.92 Å². The van der Waals surface area contributed by atoms with Crippen LogP contribution in [-0.2, 0) is 10.1 Å². The van der Waals surface area contributed by atoms with Crippen LogP contribution >= 0.6 is 0 Å². The van der Waals surface area contributed by atoms with Gasteiger partial charge in [0.05, 0.1) is 4.90 Å². The molecule has 0 fully saturated rings. The Balaban J connectivity index is 0.00000169. The van der Waals surface area contributed by atoms with Crippen LogP contribution in [0.25, 0.3) is 0 Å². The molecule has 74 valence electrons. The third-order valence-electron chi connectivity index (χ3n) is 1.86. The monoisotopic (exact) mass is 240 g/mol. The van der Waals surface area contributed by atoms with Gasteiger partial charge in [0, 0.05) is 0 Å². The molecule has 0 heterocycles. The molecule has 1 N–H and O–H groups in total. The second-order valence-corrected chi connectivity index (χ2v) is 4.56. The molecule has 0 atom stereocenters. The zero-order chi connectivity index (χ0) is 10.2. The average molecular weight is 240 g/mol. The van der Waals surface area contributed by atoms with Gasteiger partial charge in [0.15, 0.2) is 0 Å². The predicted molar refractivity (Wildman–Crippen MR) is 57.6 cm³/mol. The van der Waals surface area contributed by atoms with Gasteiger partial charge in [-0.1, -0.05) is 17.7 Å². The Hall–Kier alpha value is 0.766. The van der Waals surface area contributed by atoms with Gasteiger partial charge in [-0.2, -0.15) is 8.42 Å². The summed E-state index contributed by atoms with van der Waals surface area (Å²) in [4.78, 5) is 0.0260. The molecule has 1 aromatic carbocycles. The van der Waals surface area contributed by atoms with E-state index in [4.69, 9.17) is 4.55 Å². The summed E-state index contributed by atoms with van der Waals surface area (Å²) < 4.78 is 30.8. The molecule has 3 nitrogen and oxygen atoms in total. The molecule has 0 aliphatic heterocycles. The fourth-order valence-corrected chi connectivity index (χ4v) is 2.51. The van der Waals surface area contributed by atoms with E-state index in [-0.39, 0.29) is 56.3 Å². The summed E-state index contributed by atoms with van der Waals surface area (Å²) in [6, 6.07) is 3.46. The summed E-state index contributed by atoms with van der Waals surface area (Å²) in [5.74, 6) is 0. The Morgan fingerprint density at radius 3 is 1.71 bits per heavy atom. The Morgan fingerprint density at radius 1 is 1.07 bits per heavy atom. The summed E-state index contributed by atoms with van der Waals surface area (Å²) in [5.41, 5.74) is 2.16. The standard InChI is InChI=1S/C9H12O3S.K.H/c1-6-4-7(2)9(8(3)5-6)13(10,11)12;;/h4-5H,1-3H3,(H,10,11,12);;. The van der Waals surface area contributed by atoms with Gasteiger partial charge in [-0.15, -0.1) is 0 Å². The molecule has 14 heavy (non-hydrogen) atoms. The van der Waals surface area contributed by atoms with Crippen LogP contribution < -0.4 is 0 Å². The van der Waals surface area contributed by atoms with E-state index in [1.54, 1.807) is 26.0 Å². The van der Waals surface area contributed by atoms with Crippen LogP contribution in [0.2, 0.25) is 0 Å². The fourth-order valence-electron chi connectivity index (χ4n) is 1.57. The number of hydrogen-bond acceptors (Lipinski definition) is 2. The summed E-state index contributed by atoms with van der Waals surface area (Å²) in [6.45, 7) is 5.22. The second-order valence-electron chi connectivity index (χ2n) is 3.20. The van der Waals surface area contributed by atoms with Crippen LogP contribution in [0.15, 0.2) is 17.0 Å². The molecule has 0 radical (unpaired) electrons. The minimum atomic E-state index is -4.08. The summed E-state index contributed by atoms with van der Waals surface area (Å²) in [6.07, 6.45) is 0. The van der Waals surface area contributed by atoms with Crippen molar-refractivity contribution in [3.63, 3.8) is 0 Å². The van der Waals surface area contributed by atoms with Gasteiger partial charge in [0.1, 0.15) is 0 Å². The molecular weight excluding hydrogens is 227 g/mol. The van der Waals surface area contributed by atoms with Crippen molar-refractivity contribution in [3.05, 3.63) is 28.8 Å². The third-order valence-corrected chi connectivity index (χ3v) is 3.02. The molecule has 0 unspecified atom stereocenters. The molecule has 0 saturated carbocycles. The normalized spacial score (nSPS) is 10.9. The number of benzene rings is 1. The van der Waals surface area contributed by atoms with Crippen LogP contribution in [0.5, 0.6) is 0 Å². The zero-order valence-corrected chi connectivity index (χ0v) is 8.64.